The van der Waals surface area contributed by atoms with E-state index in [0.29, 0.717) is 25.2 Å². The first-order valence-electron chi connectivity index (χ1n) is 8.09. The van der Waals surface area contributed by atoms with Gasteiger partial charge in [-0.25, -0.2) is 0 Å². The lowest BCUT2D eigenvalue weighted by Crippen LogP contribution is -2.55. The Bertz CT molecular complexity index is 625. The van der Waals surface area contributed by atoms with E-state index < -0.39 is 10.7 Å². The highest BCUT2D eigenvalue weighted by molar-refractivity contribution is 6.53. The average Bonchev–Trinajstić information content (AvgIpc) is 2.61. The average molecular weight is 386 g/mol. The van der Waals surface area contributed by atoms with Gasteiger partial charge in [-0.15, -0.1) is 0 Å². The van der Waals surface area contributed by atoms with Gasteiger partial charge in [-0.3, -0.25) is 14.4 Å². The van der Waals surface area contributed by atoms with Crippen LogP contribution in [0.4, 0.5) is 0 Å². The van der Waals surface area contributed by atoms with Gasteiger partial charge in [-0.2, -0.15) is 0 Å². The Morgan fingerprint density at radius 2 is 1.88 bits per heavy atom. The smallest absolute Gasteiger partial charge is 0.254 e. The third kappa shape index (κ3) is 5.34. The predicted molar refractivity (Wildman–Crippen MR) is 96.6 cm³/mol. The van der Waals surface area contributed by atoms with Crippen molar-refractivity contribution in [1.82, 2.24) is 15.1 Å². The van der Waals surface area contributed by atoms with Crippen molar-refractivity contribution in [2.45, 2.75) is 24.2 Å². The molecule has 25 heavy (non-hydrogen) atoms. The number of nitrogens with zero attached hydrogens (tertiary/aromatic N) is 2. The van der Waals surface area contributed by atoms with Crippen LogP contribution in [0.15, 0.2) is 30.3 Å². The van der Waals surface area contributed by atoms with Crippen LogP contribution in [0.2, 0.25) is 0 Å². The number of rotatable bonds is 5. The van der Waals surface area contributed by atoms with E-state index in [9.17, 15) is 14.4 Å². The fourth-order valence-electron chi connectivity index (χ4n) is 2.76. The first-order valence-corrected chi connectivity index (χ1v) is 8.97. The molecule has 1 aliphatic heterocycles. The summed E-state index contributed by atoms with van der Waals surface area (Å²) in [6, 6.07) is 9.03. The molecule has 0 spiro atoms. The van der Waals surface area contributed by atoms with Gasteiger partial charge in [-0.1, -0.05) is 41.4 Å². The number of hydrogen-bond acceptors (Lipinski definition) is 3. The van der Waals surface area contributed by atoms with Crippen molar-refractivity contribution in [1.29, 1.82) is 0 Å². The molecule has 1 aromatic carbocycles. The maximum absolute atomic E-state index is 12.5. The Labute approximate surface area is 157 Å². The van der Waals surface area contributed by atoms with Gasteiger partial charge in [0.05, 0.1) is 0 Å². The summed E-state index contributed by atoms with van der Waals surface area (Å²) < 4.78 is 0. The van der Waals surface area contributed by atoms with E-state index in [-0.39, 0.29) is 30.8 Å². The van der Waals surface area contributed by atoms with Crippen LogP contribution in [0.3, 0.4) is 0 Å². The molecule has 2 rings (SSSR count). The summed E-state index contributed by atoms with van der Waals surface area (Å²) in [7, 11) is 0. The van der Waals surface area contributed by atoms with Gasteiger partial charge in [-0.05, 0) is 19.1 Å². The van der Waals surface area contributed by atoms with Gasteiger partial charge in [0.15, 0.2) is 4.84 Å². The van der Waals surface area contributed by atoms with E-state index in [1.54, 1.807) is 21.9 Å². The molecule has 0 bridgehead atoms. The minimum atomic E-state index is -1.14. The summed E-state index contributed by atoms with van der Waals surface area (Å²) in [5.74, 6) is -0.606. The first-order chi connectivity index (χ1) is 11.9. The zero-order valence-corrected chi connectivity index (χ0v) is 15.5. The van der Waals surface area contributed by atoms with Crippen molar-refractivity contribution in [3.8, 4) is 0 Å². The fourth-order valence-corrected chi connectivity index (χ4v) is 2.91. The van der Waals surface area contributed by atoms with Crippen LogP contribution in [-0.4, -0.2) is 64.6 Å². The zero-order valence-electron chi connectivity index (χ0n) is 14.0. The van der Waals surface area contributed by atoms with Gasteiger partial charge in [0, 0.05) is 44.2 Å². The summed E-state index contributed by atoms with van der Waals surface area (Å²) in [5, 5.41) is 2.50. The summed E-state index contributed by atoms with van der Waals surface area (Å²) >= 11 is 10.9. The lowest BCUT2D eigenvalue weighted by Gasteiger charge is -2.40. The third-order valence-corrected chi connectivity index (χ3v) is 4.49. The molecular weight excluding hydrogens is 365 g/mol. The van der Waals surface area contributed by atoms with E-state index in [1.165, 1.54) is 0 Å². The van der Waals surface area contributed by atoms with Gasteiger partial charge in [0.25, 0.3) is 11.8 Å². The van der Waals surface area contributed by atoms with Crippen LogP contribution in [-0.2, 0) is 9.59 Å². The SMILES string of the molecule is CC1CN(C(=O)CCNC(=O)C(Cl)Cl)CCN1C(=O)c1ccccc1. The molecule has 1 aliphatic rings. The van der Waals surface area contributed by atoms with Gasteiger partial charge < -0.3 is 15.1 Å². The second-order valence-corrected chi connectivity index (χ2v) is 6.99. The molecule has 1 N–H and O–H groups in total. The highest BCUT2D eigenvalue weighted by Gasteiger charge is 2.30. The molecule has 1 saturated heterocycles. The Morgan fingerprint density at radius 3 is 2.48 bits per heavy atom. The minimum absolute atomic E-state index is 0.0253. The van der Waals surface area contributed by atoms with Gasteiger partial charge in [0.2, 0.25) is 5.91 Å². The standard InChI is InChI=1S/C17H21Cl2N3O3/c1-12-11-21(14(23)7-8-20-16(24)15(18)19)9-10-22(12)17(25)13-5-3-2-4-6-13/h2-6,12,15H,7-11H2,1H3,(H,20,24). The van der Waals surface area contributed by atoms with Crippen LogP contribution in [0, 0.1) is 0 Å². The highest BCUT2D eigenvalue weighted by Crippen LogP contribution is 2.14. The highest BCUT2D eigenvalue weighted by atomic mass is 35.5. The van der Waals surface area contributed by atoms with E-state index in [2.05, 4.69) is 5.32 Å². The third-order valence-electron chi connectivity index (χ3n) is 4.10. The Kier molecular flexibility index (Phi) is 7.08. The quantitative estimate of drug-likeness (QED) is 0.783. The maximum atomic E-state index is 12.5. The number of nitrogens with one attached hydrogen (secondary N) is 1. The molecular formula is C17H21Cl2N3O3. The number of halogens is 2. The normalized spacial score (nSPS) is 17.5. The van der Waals surface area contributed by atoms with Gasteiger partial charge in [0.1, 0.15) is 0 Å². The minimum Gasteiger partial charge on any atom is -0.353 e. The molecule has 3 amide bonds. The van der Waals surface area contributed by atoms with Crippen LogP contribution in [0.1, 0.15) is 23.7 Å². The largest absolute Gasteiger partial charge is 0.353 e. The van der Waals surface area contributed by atoms with Crippen molar-refractivity contribution in [3.63, 3.8) is 0 Å². The molecule has 8 heteroatoms. The lowest BCUT2D eigenvalue weighted by molar-refractivity contribution is -0.133. The molecule has 6 nitrogen and oxygen atoms in total. The monoisotopic (exact) mass is 385 g/mol. The number of piperazine rings is 1. The topological polar surface area (TPSA) is 69.7 Å². The molecule has 136 valence electrons. The molecule has 0 aromatic heterocycles. The van der Waals surface area contributed by atoms with Crippen LogP contribution in [0.5, 0.6) is 0 Å². The molecule has 1 heterocycles. The summed E-state index contributed by atoms with van der Waals surface area (Å²) in [5.41, 5.74) is 0.647. The van der Waals surface area contributed by atoms with Crippen molar-refractivity contribution in [2.24, 2.45) is 0 Å². The number of carbonyl (C=O) groups is 3. The molecule has 1 unspecified atom stereocenters. The summed E-state index contributed by atoms with van der Waals surface area (Å²) in [6.07, 6.45) is 0.172. The van der Waals surface area contributed by atoms with E-state index in [4.69, 9.17) is 23.2 Å². The van der Waals surface area contributed by atoms with E-state index in [0.717, 1.165) is 0 Å². The summed E-state index contributed by atoms with van der Waals surface area (Å²) in [6.45, 7) is 3.54. The van der Waals surface area contributed by atoms with E-state index >= 15 is 0 Å². The van der Waals surface area contributed by atoms with E-state index in [1.807, 2.05) is 25.1 Å². The molecule has 1 fully saturated rings. The number of benzene rings is 1. The molecule has 0 saturated carbocycles. The second kappa shape index (κ2) is 9.06. The number of amides is 3. The molecule has 1 atom stereocenters. The van der Waals surface area contributed by atoms with Crippen LogP contribution in [0.25, 0.3) is 0 Å². The zero-order chi connectivity index (χ0) is 18.4. The van der Waals surface area contributed by atoms with Crippen molar-refractivity contribution in [2.75, 3.05) is 26.2 Å². The maximum Gasteiger partial charge on any atom is 0.254 e. The lowest BCUT2D eigenvalue weighted by atomic mass is 10.1. The van der Waals surface area contributed by atoms with Gasteiger partial charge >= 0.3 is 0 Å². The van der Waals surface area contributed by atoms with Crippen molar-refractivity contribution >= 4 is 40.9 Å². The number of carbonyl (C=O) groups excluding carboxylic acids is 3. The van der Waals surface area contributed by atoms with Crippen LogP contribution >= 0.6 is 23.2 Å². The predicted octanol–water partition coefficient (Wildman–Crippen LogP) is 1.67. The summed E-state index contributed by atoms with van der Waals surface area (Å²) in [4.78, 5) is 38.4. The number of alkyl halides is 2. The Hall–Kier alpha value is -1.79. The first kappa shape index (κ1) is 19.5. The number of hydrogen-bond donors (Lipinski definition) is 1. The van der Waals surface area contributed by atoms with Crippen molar-refractivity contribution < 1.29 is 14.4 Å². The fraction of sp³-hybridized carbons (Fsp3) is 0.471. The Morgan fingerprint density at radius 1 is 1.20 bits per heavy atom. The molecule has 0 aliphatic carbocycles. The molecule has 1 aromatic rings. The second-order valence-electron chi connectivity index (χ2n) is 5.90. The Balaban J connectivity index is 1.83. The molecule has 0 radical (unpaired) electrons. The van der Waals surface area contributed by atoms with Crippen LogP contribution < -0.4 is 5.32 Å². The van der Waals surface area contributed by atoms with Crippen molar-refractivity contribution in [3.05, 3.63) is 35.9 Å².